The summed E-state index contributed by atoms with van der Waals surface area (Å²) in [5, 5.41) is 0. The van der Waals surface area contributed by atoms with Crippen LogP contribution in [0.15, 0.2) is 0 Å². The first-order valence-corrected chi connectivity index (χ1v) is 4.89. The van der Waals surface area contributed by atoms with Crippen molar-refractivity contribution in [2.45, 2.75) is 33.7 Å². The third-order valence-electron chi connectivity index (χ3n) is 2.66. The molecule has 0 aliphatic rings. The average Bonchev–Trinajstić information content (AvgIpc) is 2.02. The lowest BCUT2D eigenvalue weighted by Gasteiger charge is -2.29. The number of nitrogens with two attached hydrogens (primary N) is 1. The fourth-order valence-corrected chi connectivity index (χ4v) is 1.24. The molecular formula is C10H24N2. The third-order valence-corrected chi connectivity index (χ3v) is 2.66. The molecule has 12 heavy (non-hydrogen) atoms. The predicted octanol–water partition coefficient (Wildman–Crippen LogP) is 1.56. The van der Waals surface area contributed by atoms with Crippen LogP contribution >= 0.6 is 0 Å². The normalized spacial score (nSPS) is 17.0. The van der Waals surface area contributed by atoms with Crippen LogP contribution in [0, 0.1) is 11.8 Å². The highest BCUT2D eigenvalue weighted by atomic mass is 15.1. The summed E-state index contributed by atoms with van der Waals surface area (Å²) < 4.78 is 0. The van der Waals surface area contributed by atoms with Crippen molar-refractivity contribution >= 4 is 0 Å². The molecule has 0 aromatic rings. The first-order chi connectivity index (χ1) is 5.49. The monoisotopic (exact) mass is 172 g/mol. The van der Waals surface area contributed by atoms with Crippen molar-refractivity contribution in [3.8, 4) is 0 Å². The van der Waals surface area contributed by atoms with E-state index in [1.165, 1.54) is 0 Å². The van der Waals surface area contributed by atoms with Crippen molar-refractivity contribution in [1.29, 1.82) is 0 Å². The van der Waals surface area contributed by atoms with Gasteiger partial charge in [0.15, 0.2) is 0 Å². The number of hydrogen-bond donors (Lipinski definition) is 1. The Balaban J connectivity index is 3.78. The number of hydrogen-bond acceptors (Lipinski definition) is 2. The second kappa shape index (κ2) is 5.55. The third kappa shape index (κ3) is 4.07. The van der Waals surface area contributed by atoms with Crippen LogP contribution in [0.1, 0.15) is 27.7 Å². The van der Waals surface area contributed by atoms with Crippen molar-refractivity contribution < 1.29 is 0 Å². The first-order valence-electron chi connectivity index (χ1n) is 4.89. The summed E-state index contributed by atoms with van der Waals surface area (Å²) in [5.41, 5.74) is 5.57. The van der Waals surface area contributed by atoms with Crippen LogP contribution in [0.2, 0.25) is 0 Å². The molecule has 0 amide bonds. The molecule has 0 fully saturated rings. The molecule has 2 unspecified atom stereocenters. The summed E-state index contributed by atoms with van der Waals surface area (Å²) in [6, 6.07) is 0.652. The molecule has 0 rings (SSSR count). The molecule has 2 nitrogen and oxygen atoms in total. The topological polar surface area (TPSA) is 29.3 Å². The van der Waals surface area contributed by atoms with Gasteiger partial charge in [-0.3, -0.25) is 0 Å². The van der Waals surface area contributed by atoms with E-state index in [1.807, 2.05) is 0 Å². The molecule has 0 aliphatic heterocycles. The minimum absolute atomic E-state index is 0.608. The van der Waals surface area contributed by atoms with Crippen LogP contribution in [-0.4, -0.2) is 31.1 Å². The van der Waals surface area contributed by atoms with Gasteiger partial charge in [0, 0.05) is 12.6 Å². The second-order valence-corrected chi connectivity index (χ2v) is 4.27. The van der Waals surface area contributed by atoms with E-state index in [4.69, 9.17) is 5.73 Å². The molecule has 2 heteroatoms. The minimum Gasteiger partial charge on any atom is -0.330 e. The minimum atomic E-state index is 0.608. The Labute approximate surface area is 77.1 Å². The van der Waals surface area contributed by atoms with Gasteiger partial charge in [-0.1, -0.05) is 20.8 Å². The van der Waals surface area contributed by atoms with Gasteiger partial charge in [0.05, 0.1) is 0 Å². The molecule has 0 saturated heterocycles. The predicted molar refractivity (Wildman–Crippen MR) is 55.1 cm³/mol. The van der Waals surface area contributed by atoms with Gasteiger partial charge in [-0.2, -0.15) is 0 Å². The van der Waals surface area contributed by atoms with E-state index in [-0.39, 0.29) is 0 Å². The summed E-state index contributed by atoms with van der Waals surface area (Å²) >= 11 is 0. The molecule has 0 aromatic heterocycles. The molecule has 0 heterocycles. The fraction of sp³-hybridized carbons (Fsp3) is 1.00. The molecule has 0 bridgehead atoms. The van der Waals surface area contributed by atoms with Gasteiger partial charge in [-0.05, 0) is 32.4 Å². The Kier molecular flexibility index (Phi) is 5.51. The second-order valence-electron chi connectivity index (χ2n) is 4.27. The van der Waals surface area contributed by atoms with E-state index in [9.17, 15) is 0 Å². The van der Waals surface area contributed by atoms with Gasteiger partial charge in [0.25, 0.3) is 0 Å². The standard InChI is InChI=1S/C10H24N2/c1-8(2)10(4)12(5)7-9(3)6-11/h8-10H,6-7,11H2,1-5H3. The average molecular weight is 172 g/mol. The Morgan fingerprint density at radius 3 is 2.00 bits per heavy atom. The Morgan fingerprint density at radius 1 is 1.17 bits per heavy atom. The molecule has 74 valence electrons. The van der Waals surface area contributed by atoms with Crippen molar-refractivity contribution in [3.63, 3.8) is 0 Å². The van der Waals surface area contributed by atoms with Gasteiger partial charge in [0.2, 0.25) is 0 Å². The highest BCUT2D eigenvalue weighted by Crippen LogP contribution is 2.09. The maximum atomic E-state index is 5.57. The number of rotatable bonds is 5. The van der Waals surface area contributed by atoms with Gasteiger partial charge in [0.1, 0.15) is 0 Å². The van der Waals surface area contributed by atoms with Crippen molar-refractivity contribution in [2.24, 2.45) is 17.6 Å². The molecule has 0 spiro atoms. The smallest absolute Gasteiger partial charge is 0.00870 e. The zero-order valence-electron chi connectivity index (χ0n) is 9.17. The maximum absolute atomic E-state index is 5.57. The van der Waals surface area contributed by atoms with Crippen LogP contribution in [0.25, 0.3) is 0 Å². The van der Waals surface area contributed by atoms with Gasteiger partial charge >= 0.3 is 0 Å². The molecule has 0 saturated carbocycles. The Morgan fingerprint density at radius 2 is 1.67 bits per heavy atom. The highest BCUT2D eigenvalue weighted by Gasteiger charge is 2.14. The largest absolute Gasteiger partial charge is 0.330 e. The van der Waals surface area contributed by atoms with E-state index in [2.05, 4.69) is 39.6 Å². The summed E-state index contributed by atoms with van der Waals surface area (Å²) in [5.74, 6) is 1.33. The molecular weight excluding hydrogens is 148 g/mol. The van der Waals surface area contributed by atoms with Gasteiger partial charge < -0.3 is 10.6 Å². The van der Waals surface area contributed by atoms with Crippen molar-refractivity contribution in [3.05, 3.63) is 0 Å². The SMILES string of the molecule is CC(CN)CN(C)C(C)C(C)C. The zero-order valence-corrected chi connectivity index (χ0v) is 9.17. The van der Waals surface area contributed by atoms with E-state index in [0.29, 0.717) is 12.0 Å². The van der Waals surface area contributed by atoms with Gasteiger partial charge in [-0.25, -0.2) is 0 Å². The lowest BCUT2D eigenvalue weighted by Crippen LogP contribution is -2.37. The molecule has 0 aromatic carbocycles. The Bertz CT molecular complexity index is 112. The van der Waals surface area contributed by atoms with Crippen molar-refractivity contribution in [2.75, 3.05) is 20.1 Å². The van der Waals surface area contributed by atoms with Crippen LogP contribution in [0.5, 0.6) is 0 Å². The molecule has 0 radical (unpaired) electrons. The van der Waals surface area contributed by atoms with Crippen LogP contribution in [0.4, 0.5) is 0 Å². The Hall–Kier alpha value is -0.0800. The molecule has 0 aliphatic carbocycles. The molecule has 2 N–H and O–H groups in total. The van der Waals surface area contributed by atoms with Crippen molar-refractivity contribution in [1.82, 2.24) is 4.90 Å². The lowest BCUT2D eigenvalue weighted by atomic mass is 10.0. The van der Waals surface area contributed by atoms with E-state index in [0.717, 1.165) is 19.0 Å². The summed E-state index contributed by atoms with van der Waals surface area (Å²) in [4.78, 5) is 2.39. The van der Waals surface area contributed by atoms with Crippen LogP contribution in [0.3, 0.4) is 0 Å². The maximum Gasteiger partial charge on any atom is 0.00870 e. The highest BCUT2D eigenvalue weighted by molar-refractivity contribution is 4.69. The summed E-state index contributed by atoms with van der Waals surface area (Å²) in [7, 11) is 2.18. The lowest BCUT2D eigenvalue weighted by molar-refractivity contribution is 0.185. The quantitative estimate of drug-likeness (QED) is 0.682. The van der Waals surface area contributed by atoms with E-state index < -0.39 is 0 Å². The summed E-state index contributed by atoms with van der Waals surface area (Å²) in [6.07, 6.45) is 0. The van der Waals surface area contributed by atoms with Crippen LogP contribution in [-0.2, 0) is 0 Å². The number of nitrogens with zero attached hydrogens (tertiary/aromatic N) is 1. The zero-order chi connectivity index (χ0) is 9.72. The van der Waals surface area contributed by atoms with E-state index >= 15 is 0 Å². The molecule has 2 atom stereocenters. The first kappa shape index (κ1) is 11.9. The van der Waals surface area contributed by atoms with Gasteiger partial charge in [-0.15, -0.1) is 0 Å². The fourth-order valence-electron chi connectivity index (χ4n) is 1.24. The van der Waals surface area contributed by atoms with Crippen LogP contribution < -0.4 is 5.73 Å². The van der Waals surface area contributed by atoms with E-state index in [1.54, 1.807) is 0 Å². The summed E-state index contributed by atoms with van der Waals surface area (Å²) in [6.45, 7) is 10.9.